The Labute approximate surface area is 134 Å². The van der Waals surface area contributed by atoms with Gasteiger partial charge in [0.25, 0.3) is 5.91 Å². The maximum atomic E-state index is 13.8. The van der Waals surface area contributed by atoms with Gasteiger partial charge in [-0.1, -0.05) is 0 Å². The Balaban J connectivity index is 1.85. The molecule has 2 aliphatic heterocycles. The summed E-state index contributed by atoms with van der Waals surface area (Å²) in [6.07, 6.45) is 1.81. The highest BCUT2D eigenvalue weighted by Gasteiger charge is 2.43. The summed E-state index contributed by atoms with van der Waals surface area (Å²) >= 11 is 0. The summed E-state index contributed by atoms with van der Waals surface area (Å²) in [5.74, 6) is -1.15. The molecular formula is C15H19FN2O4S. The molecule has 0 aliphatic carbocycles. The Bertz CT molecular complexity index is 729. The molecule has 0 aromatic heterocycles. The number of carbonyl (C=O) groups excluding carboxylic acids is 1. The largest absolute Gasteiger partial charge is 0.381 e. The van der Waals surface area contributed by atoms with Crippen LogP contribution in [0, 0.1) is 11.2 Å². The third-order valence-corrected chi connectivity index (χ3v) is 6.08. The Morgan fingerprint density at radius 2 is 2.17 bits per heavy atom. The second-order valence-electron chi connectivity index (χ2n) is 6.13. The fourth-order valence-corrected chi connectivity index (χ4v) is 4.04. The van der Waals surface area contributed by atoms with Crippen LogP contribution in [0.25, 0.3) is 0 Å². The molecule has 0 saturated carbocycles. The normalized spacial score (nSPS) is 24.5. The van der Waals surface area contributed by atoms with Gasteiger partial charge in [0.05, 0.1) is 6.61 Å². The minimum absolute atomic E-state index is 0.0234. The van der Waals surface area contributed by atoms with Crippen LogP contribution in [0.3, 0.4) is 0 Å². The first-order valence-corrected chi connectivity index (χ1v) is 8.95. The monoisotopic (exact) mass is 342 g/mol. The summed E-state index contributed by atoms with van der Waals surface area (Å²) in [6.45, 7) is 2.56. The number of ether oxygens (including phenoxy) is 1. The number of carbonyl (C=O) groups is 1. The Kier molecular flexibility index (Phi) is 4.16. The van der Waals surface area contributed by atoms with Crippen molar-refractivity contribution in [2.24, 2.45) is 5.41 Å². The summed E-state index contributed by atoms with van der Waals surface area (Å²) in [5, 5.41) is 0. The number of rotatable bonds is 3. The van der Waals surface area contributed by atoms with E-state index >= 15 is 0 Å². The highest BCUT2D eigenvalue weighted by molar-refractivity contribution is 7.89. The van der Waals surface area contributed by atoms with E-state index in [1.54, 1.807) is 4.90 Å². The van der Waals surface area contributed by atoms with Gasteiger partial charge >= 0.3 is 0 Å². The molecule has 1 aromatic rings. The van der Waals surface area contributed by atoms with Crippen molar-refractivity contribution in [1.82, 2.24) is 9.62 Å². The van der Waals surface area contributed by atoms with Crippen LogP contribution < -0.4 is 4.72 Å². The Hall–Kier alpha value is -1.51. The first kappa shape index (κ1) is 16.4. The molecule has 1 spiro atoms. The zero-order valence-corrected chi connectivity index (χ0v) is 13.7. The maximum Gasteiger partial charge on any atom is 0.253 e. The number of likely N-dealkylation sites (tertiary alicyclic amines) is 1. The second kappa shape index (κ2) is 5.85. The molecule has 2 aliphatic rings. The van der Waals surface area contributed by atoms with Gasteiger partial charge in [-0.3, -0.25) is 4.79 Å². The lowest BCUT2D eigenvalue weighted by atomic mass is 9.87. The van der Waals surface area contributed by atoms with E-state index in [1.807, 2.05) is 0 Å². The molecule has 126 valence electrons. The Morgan fingerprint density at radius 1 is 1.39 bits per heavy atom. The molecule has 1 amide bonds. The molecule has 1 aromatic carbocycles. The maximum absolute atomic E-state index is 13.8. The fourth-order valence-electron chi connectivity index (χ4n) is 3.21. The minimum atomic E-state index is -3.95. The van der Waals surface area contributed by atoms with Crippen LogP contribution >= 0.6 is 0 Å². The molecule has 1 N–H and O–H groups in total. The van der Waals surface area contributed by atoms with Gasteiger partial charge in [0.15, 0.2) is 0 Å². The van der Waals surface area contributed by atoms with Crippen LogP contribution in [0.15, 0.2) is 23.1 Å². The number of benzene rings is 1. The molecule has 2 fully saturated rings. The van der Waals surface area contributed by atoms with Crippen LogP contribution in [0.2, 0.25) is 0 Å². The average molecular weight is 342 g/mol. The summed E-state index contributed by atoms with van der Waals surface area (Å²) in [7, 11) is -2.74. The quantitative estimate of drug-likeness (QED) is 0.889. The molecule has 23 heavy (non-hydrogen) atoms. The van der Waals surface area contributed by atoms with Gasteiger partial charge in [0, 0.05) is 30.7 Å². The van der Waals surface area contributed by atoms with Crippen molar-refractivity contribution < 1.29 is 22.3 Å². The summed E-state index contributed by atoms with van der Waals surface area (Å²) in [6, 6.07) is 3.43. The topological polar surface area (TPSA) is 75.7 Å². The van der Waals surface area contributed by atoms with E-state index in [4.69, 9.17) is 4.74 Å². The highest BCUT2D eigenvalue weighted by atomic mass is 32.2. The lowest BCUT2D eigenvalue weighted by molar-refractivity contribution is 0.0765. The Morgan fingerprint density at radius 3 is 2.83 bits per heavy atom. The van der Waals surface area contributed by atoms with E-state index in [9.17, 15) is 17.6 Å². The summed E-state index contributed by atoms with van der Waals surface area (Å²) in [5.41, 5.74) is 0.200. The highest BCUT2D eigenvalue weighted by Crippen LogP contribution is 2.38. The van der Waals surface area contributed by atoms with Gasteiger partial charge in [0.2, 0.25) is 10.0 Å². The molecule has 8 heteroatoms. The van der Waals surface area contributed by atoms with Gasteiger partial charge in [-0.2, -0.15) is 0 Å². The number of hydrogen-bond acceptors (Lipinski definition) is 4. The van der Waals surface area contributed by atoms with Gasteiger partial charge in [0.1, 0.15) is 10.7 Å². The zero-order valence-electron chi connectivity index (χ0n) is 12.8. The molecule has 1 unspecified atom stereocenters. The van der Waals surface area contributed by atoms with Gasteiger partial charge in [-0.25, -0.2) is 17.5 Å². The van der Waals surface area contributed by atoms with Crippen molar-refractivity contribution in [3.63, 3.8) is 0 Å². The third-order valence-electron chi connectivity index (χ3n) is 4.65. The molecule has 1 atom stereocenters. The lowest BCUT2D eigenvalue weighted by Gasteiger charge is -2.22. The summed E-state index contributed by atoms with van der Waals surface area (Å²) < 4.78 is 44.9. The van der Waals surface area contributed by atoms with E-state index in [-0.39, 0.29) is 16.9 Å². The molecule has 6 nitrogen and oxygen atoms in total. The van der Waals surface area contributed by atoms with E-state index in [0.717, 1.165) is 25.0 Å². The van der Waals surface area contributed by atoms with Crippen molar-refractivity contribution in [2.75, 3.05) is 33.4 Å². The molecule has 2 saturated heterocycles. The number of halogens is 1. The first-order chi connectivity index (χ1) is 10.9. The van der Waals surface area contributed by atoms with Crippen molar-refractivity contribution in [1.29, 1.82) is 0 Å². The van der Waals surface area contributed by atoms with Gasteiger partial charge < -0.3 is 9.64 Å². The third kappa shape index (κ3) is 2.98. The van der Waals surface area contributed by atoms with Crippen LogP contribution in [-0.4, -0.2) is 52.6 Å². The predicted molar refractivity (Wildman–Crippen MR) is 81.0 cm³/mol. The number of nitrogens with one attached hydrogen (secondary N) is 1. The van der Waals surface area contributed by atoms with Crippen LogP contribution in [0.5, 0.6) is 0 Å². The number of nitrogens with zero attached hydrogens (tertiary/aromatic N) is 1. The van der Waals surface area contributed by atoms with Gasteiger partial charge in [-0.05, 0) is 38.1 Å². The molecule has 0 bridgehead atoms. The van der Waals surface area contributed by atoms with Crippen LogP contribution in [0.1, 0.15) is 23.2 Å². The average Bonchev–Trinajstić information content (AvgIpc) is 3.17. The first-order valence-electron chi connectivity index (χ1n) is 7.47. The van der Waals surface area contributed by atoms with Crippen molar-refractivity contribution >= 4 is 15.9 Å². The zero-order chi connectivity index (χ0) is 16.7. The molecular weight excluding hydrogens is 323 g/mol. The van der Waals surface area contributed by atoms with Crippen LogP contribution in [-0.2, 0) is 14.8 Å². The summed E-state index contributed by atoms with van der Waals surface area (Å²) in [4.78, 5) is 13.8. The van der Waals surface area contributed by atoms with E-state index in [2.05, 4.69) is 4.72 Å². The van der Waals surface area contributed by atoms with E-state index in [0.29, 0.717) is 26.3 Å². The number of amides is 1. The molecule has 3 rings (SSSR count). The minimum Gasteiger partial charge on any atom is -0.381 e. The fraction of sp³-hybridized carbons (Fsp3) is 0.533. The standard InChI is InChI=1S/C15H19FN2O4S/c1-17-23(20,21)13-8-11(2-3-12(13)16)14(19)18-6-4-15(9-18)5-7-22-10-15/h2-3,8,17H,4-7,9-10H2,1H3. The van der Waals surface area contributed by atoms with Crippen molar-refractivity contribution in [3.05, 3.63) is 29.6 Å². The molecule has 2 heterocycles. The second-order valence-corrected chi connectivity index (χ2v) is 7.99. The lowest BCUT2D eigenvalue weighted by Crippen LogP contribution is -2.32. The van der Waals surface area contributed by atoms with E-state index < -0.39 is 20.7 Å². The smallest absolute Gasteiger partial charge is 0.253 e. The van der Waals surface area contributed by atoms with E-state index in [1.165, 1.54) is 13.1 Å². The predicted octanol–water partition coefficient (Wildman–Crippen LogP) is 0.986. The van der Waals surface area contributed by atoms with Crippen molar-refractivity contribution in [2.45, 2.75) is 17.7 Å². The molecule has 0 radical (unpaired) electrons. The number of hydrogen-bond donors (Lipinski definition) is 1. The van der Waals surface area contributed by atoms with Crippen LogP contribution in [0.4, 0.5) is 4.39 Å². The number of sulfonamides is 1. The van der Waals surface area contributed by atoms with Gasteiger partial charge in [-0.15, -0.1) is 0 Å². The SMILES string of the molecule is CNS(=O)(=O)c1cc(C(=O)N2CCC3(CCOC3)C2)ccc1F. The van der Waals surface area contributed by atoms with Crippen molar-refractivity contribution in [3.8, 4) is 0 Å².